The van der Waals surface area contributed by atoms with Crippen LogP contribution in [0, 0.1) is 17.2 Å². The van der Waals surface area contributed by atoms with Gasteiger partial charge in [-0.05, 0) is 13.0 Å². The Morgan fingerprint density at radius 2 is 2.38 bits per heavy atom. The molecule has 0 aromatic rings. The maximum Gasteiger partial charge on any atom is 0.304 e. The first-order valence-electron chi connectivity index (χ1n) is 4.08. The zero-order valence-corrected chi connectivity index (χ0v) is 7.30. The van der Waals surface area contributed by atoms with Crippen LogP contribution in [0.25, 0.3) is 0 Å². The summed E-state index contributed by atoms with van der Waals surface area (Å²) in [6.45, 7) is 1.78. The summed E-state index contributed by atoms with van der Waals surface area (Å²) in [6, 6.07) is 1.95. The van der Waals surface area contributed by atoms with Gasteiger partial charge in [0.2, 0.25) is 0 Å². The molecule has 4 heteroatoms. The van der Waals surface area contributed by atoms with Gasteiger partial charge in [0.25, 0.3) is 0 Å². The third-order valence-corrected chi connectivity index (χ3v) is 2.03. The van der Waals surface area contributed by atoms with Gasteiger partial charge in [0.15, 0.2) is 6.10 Å². The Kier molecular flexibility index (Phi) is 3.04. The normalized spacial score (nSPS) is 32.5. The molecule has 0 amide bonds. The van der Waals surface area contributed by atoms with Gasteiger partial charge in [0, 0.05) is 5.92 Å². The lowest BCUT2D eigenvalue weighted by atomic mass is 9.96. The van der Waals surface area contributed by atoms with Gasteiger partial charge in [-0.3, -0.25) is 4.79 Å². The molecule has 1 N–H and O–H groups in total. The molecule has 70 valence electrons. The highest BCUT2D eigenvalue weighted by Crippen LogP contribution is 2.21. The first kappa shape index (κ1) is 9.75. The number of ether oxygens (including phenoxy) is 1. The molecule has 0 radical (unpaired) electrons. The summed E-state index contributed by atoms with van der Waals surface area (Å²) in [6.07, 6.45) is 2.67. The summed E-state index contributed by atoms with van der Waals surface area (Å²) >= 11 is 0. The fraction of sp³-hybridized carbons (Fsp3) is 0.556. The number of carboxylic acid groups (broad SMARTS) is 1. The van der Waals surface area contributed by atoms with Crippen molar-refractivity contribution in [3.63, 3.8) is 0 Å². The molecule has 1 rings (SSSR count). The lowest BCUT2D eigenvalue weighted by molar-refractivity contribution is -0.139. The lowest BCUT2D eigenvalue weighted by Gasteiger charge is -2.25. The largest absolute Gasteiger partial charge is 0.481 e. The maximum atomic E-state index is 10.4. The standard InChI is InChI=1S/C9H11NO3/c1-6-7(4-9(11)12)2-3-8(5-10)13-6/h2-3,6-8H,4H2,1H3,(H,11,12)/t6-,7-,8-/m0/s1. The fourth-order valence-electron chi connectivity index (χ4n) is 1.29. The number of rotatable bonds is 2. The van der Waals surface area contributed by atoms with E-state index in [9.17, 15) is 4.79 Å². The van der Waals surface area contributed by atoms with Gasteiger partial charge in [0.1, 0.15) is 0 Å². The van der Waals surface area contributed by atoms with E-state index in [2.05, 4.69) is 0 Å². The van der Waals surface area contributed by atoms with E-state index in [1.807, 2.05) is 6.07 Å². The molecule has 0 saturated carbocycles. The van der Waals surface area contributed by atoms with Crippen LogP contribution in [-0.2, 0) is 9.53 Å². The highest BCUT2D eigenvalue weighted by molar-refractivity contribution is 5.67. The Hall–Kier alpha value is -1.34. The molecule has 0 unspecified atom stereocenters. The molecule has 0 aromatic carbocycles. The maximum absolute atomic E-state index is 10.4. The van der Waals surface area contributed by atoms with Crippen LogP contribution in [0.1, 0.15) is 13.3 Å². The highest BCUT2D eigenvalue weighted by atomic mass is 16.5. The zero-order valence-electron chi connectivity index (χ0n) is 7.30. The highest BCUT2D eigenvalue weighted by Gasteiger charge is 2.24. The zero-order chi connectivity index (χ0) is 9.84. The van der Waals surface area contributed by atoms with Gasteiger partial charge >= 0.3 is 5.97 Å². The number of nitriles is 1. The third-order valence-electron chi connectivity index (χ3n) is 2.03. The molecule has 4 nitrogen and oxygen atoms in total. The molecule has 0 fully saturated rings. The second-order valence-corrected chi connectivity index (χ2v) is 3.04. The lowest BCUT2D eigenvalue weighted by Crippen LogP contribution is -2.29. The van der Waals surface area contributed by atoms with Crippen molar-refractivity contribution < 1.29 is 14.6 Å². The van der Waals surface area contributed by atoms with Crippen molar-refractivity contribution in [2.24, 2.45) is 5.92 Å². The second-order valence-electron chi connectivity index (χ2n) is 3.04. The molecule has 1 heterocycles. The molecule has 1 aliphatic heterocycles. The summed E-state index contributed by atoms with van der Waals surface area (Å²) in [4.78, 5) is 10.4. The number of aliphatic carboxylic acids is 1. The van der Waals surface area contributed by atoms with Gasteiger partial charge < -0.3 is 9.84 Å². The van der Waals surface area contributed by atoms with Gasteiger partial charge in [-0.2, -0.15) is 5.26 Å². The second kappa shape index (κ2) is 4.06. The summed E-state index contributed by atoms with van der Waals surface area (Å²) in [5, 5.41) is 17.1. The predicted molar refractivity (Wildman–Crippen MR) is 44.8 cm³/mol. The van der Waals surface area contributed by atoms with E-state index in [-0.39, 0.29) is 18.4 Å². The minimum atomic E-state index is -0.847. The average molecular weight is 181 g/mol. The Labute approximate surface area is 76.4 Å². The quantitative estimate of drug-likeness (QED) is 0.644. The number of hydrogen-bond acceptors (Lipinski definition) is 3. The molecule has 1 aliphatic rings. The SMILES string of the molecule is C[C@@H]1O[C@H](C#N)C=C[C@H]1CC(=O)O. The molecule has 0 bridgehead atoms. The van der Waals surface area contributed by atoms with Crippen LogP contribution in [0.2, 0.25) is 0 Å². The van der Waals surface area contributed by atoms with E-state index in [0.29, 0.717) is 0 Å². The van der Waals surface area contributed by atoms with Crippen molar-refractivity contribution in [2.45, 2.75) is 25.6 Å². The minimum absolute atomic E-state index is 0.0514. The van der Waals surface area contributed by atoms with E-state index in [1.165, 1.54) is 0 Å². The monoisotopic (exact) mass is 181 g/mol. The smallest absolute Gasteiger partial charge is 0.304 e. The number of carbonyl (C=O) groups is 1. The van der Waals surface area contributed by atoms with E-state index in [4.69, 9.17) is 15.1 Å². The van der Waals surface area contributed by atoms with Crippen molar-refractivity contribution in [1.82, 2.24) is 0 Å². The number of hydrogen-bond donors (Lipinski definition) is 1. The van der Waals surface area contributed by atoms with Crippen molar-refractivity contribution >= 4 is 5.97 Å². The van der Waals surface area contributed by atoms with Gasteiger partial charge in [-0.15, -0.1) is 0 Å². The topological polar surface area (TPSA) is 70.3 Å². The van der Waals surface area contributed by atoms with E-state index >= 15 is 0 Å². The first-order valence-corrected chi connectivity index (χ1v) is 4.08. The molecule has 0 saturated heterocycles. The third kappa shape index (κ3) is 2.56. The molecule has 0 spiro atoms. The van der Waals surface area contributed by atoms with Gasteiger partial charge in [-0.25, -0.2) is 0 Å². The van der Waals surface area contributed by atoms with E-state index in [1.54, 1.807) is 19.1 Å². The van der Waals surface area contributed by atoms with Crippen molar-refractivity contribution in [3.05, 3.63) is 12.2 Å². The van der Waals surface area contributed by atoms with Crippen LogP contribution >= 0.6 is 0 Å². The average Bonchev–Trinajstić information content (AvgIpc) is 2.08. The Bertz CT molecular complexity index is 267. The minimum Gasteiger partial charge on any atom is -0.481 e. The molecular formula is C9H11NO3. The number of carboxylic acids is 1. The van der Waals surface area contributed by atoms with Crippen molar-refractivity contribution in [2.75, 3.05) is 0 Å². The van der Waals surface area contributed by atoms with Crippen LogP contribution in [0.3, 0.4) is 0 Å². The van der Waals surface area contributed by atoms with Gasteiger partial charge in [0.05, 0.1) is 18.6 Å². The number of nitrogens with zero attached hydrogens (tertiary/aromatic N) is 1. The van der Waals surface area contributed by atoms with Crippen LogP contribution in [0.5, 0.6) is 0 Å². The molecular weight excluding hydrogens is 170 g/mol. The fourth-order valence-corrected chi connectivity index (χ4v) is 1.29. The Morgan fingerprint density at radius 1 is 1.69 bits per heavy atom. The van der Waals surface area contributed by atoms with E-state index in [0.717, 1.165) is 0 Å². The molecule has 13 heavy (non-hydrogen) atoms. The van der Waals surface area contributed by atoms with Gasteiger partial charge in [-0.1, -0.05) is 6.08 Å². The van der Waals surface area contributed by atoms with Crippen LogP contribution in [-0.4, -0.2) is 23.3 Å². The van der Waals surface area contributed by atoms with Crippen LogP contribution in [0.15, 0.2) is 12.2 Å². The molecule has 3 atom stereocenters. The summed E-state index contributed by atoms with van der Waals surface area (Å²) in [7, 11) is 0. The summed E-state index contributed by atoms with van der Waals surface area (Å²) in [5.74, 6) is -0.970. The van der Waals surface area contributed by atoms with E-state index < -0.39 is 12.1 Å². The summed E-state index contributed by atoms with van der Waals surface area (Å²) < 4.78 is 5.24. The first-order chi connectivity index (χ1) is 6.13. The van der Waals surface area contributed by atoms with Crippen molar-refractivity contribution in [3.8, 4) is 6.07 Å². The Balaban J connectivity index is 2.60. The predicted octanol–water partition coefficient (Wildman–Crippen LogP) is 0.944. The molecule has 0 aromatic heterocycles. The van der Waals surface area contributed by atoms with Crippen LogP contribution in [0.4, 0.5) is 0 Å². The summed E-state index contributed by atoms with van der Waals surface area (Å²) in [5.41, 5.74) is 0. The Morgan fingerprint density at radius 3 is 2.85 bits per heavy atom. The van der Waals surface area contributed by atoms with Crippen LogP contribution < -0.4 is 0 Å². The van der Waals surface area contributed by atoms with Crippen molar-refractivity contribution in [1.29, 1.82) is 5.26 Å². The molecule has 0 aliphatic carbocycles.